The van der Waals surface area contributed by atoms with Crippen molar-refractivity contribution in [1.29, 1.82) is 0 Å². The van der Waals surface area contributed by atoms with E-state index in [9.17, 15) is 4.79 Å². The Bertz CT molecular complexity index is 419. The Balaban J connectivity index is 1.72. The smallest absolute Gasteiger partial charge is 0.319 e. The van der Waals surface area contributed by atoms with Crippen molar-refractivity contribution in [3.05, 3.63) is 23.8 Å². The van der Waals surface area contributed by atoms with Gasteiger partial charge in [-0.25, -0.2) is 0 Å². The molecule has 1 aliphatic rings. The molecule has 0 unspecified atom stereocenters. The second-order valence-electron chi connectivity index (χ2n) is 3.92. The molecule has 0 bridgehead atoms. The van der Waals surface area contributed by atoms with Gasteiger partial charge < -0.3 is 19.5 Å². The number of carbonyl (C=O) groups excluding carboxylic acids is 1. The van der Waals surface area contributed by atoms with E-state index in [2.05, 4.69) is 5.32 Å². The first-order valence-corrected chi connectivity index (χ1v) is 6.04. The van der Waals surface area contributed by atoms with Crippen LogP contribution in [0.3, 0.4) is 0 Å². The molecule has 0 aliphatic carbocycles. The largest absolute Gasteiger partial charge is 0.465 e. The molecule has 98 valence electrons. The van der Waals surface area contributed by atoms with Crippen LogP contribution >= 0.6 is 0 Å². The van der Waals surface area contributed by atoms with Crippen LogP contribution in [0.2, 0.25) is 0 Å². The monoisotopic (exact) mass is 251 g/mol. The van der Waals surface area contributed by atoms with Gasteiger partial charge in [-0.2, -0.15) is 0 Å². The van der Waals surface area contributed by atoms with Gasteiger partial charge >= 0.3 is 5.97 Å². The van der Waals surface area contributed by atoms with Crippen molar-refractivity contribution in [2.75, 3.05) is 26.5 Å². The molecule has 1 N–H and O–H groups in total. The number of hydrogen-bond donors (Lipinski definition) is 1. The topological polar surface area (TPSA) is 56.8 Å². The number of benzene rings is 1. The van der Waals surface area contributed by atoms with Gasteiger partial charge in [-0.1, -0.05) is 6.07 Å². The molecule has 0 saturated heterocycles. The highest BCUT2D eigenvalue weighted by atomic mass is 16.7. The summed E-state index contributed by atoms with van der Waals surface area (Å²) in [5.41, 5.74) is 1.15. The summed E-state index contributed by atoms with van der Waals surface area (Å²) in [4.78, 5) is 11.1. The van der Waals surface area contributed by atoms with Gasteiger partial charge in [0.15, 0.2) is 11.5 Å². The number of carbonyl (C=O) groups is 1. The molecule has 0 fully saturated rings. The van der Waals surface area contributed by atoms with Crippen molar-refractivity contribution < 1.29 is 19.0 Å². The highest BCUT2D eigenvalue weighted by molar-refractivity contribution is 5.71. The van der Waals surface area contributed by atoms with Crippen LogP contribution < -0.4 is 14.8 Å². The Labute approximate surface area is 106 Å². The minimum absolute atomic E-state index is 0.219. The van der Waals surface area contributed by atoms with E-state index in [-0.39, 0.29) is 12.5 Å². The summed E-state index contributed by atoms with van der Waals surface area (Å²) in [6.45, 7) is 3.48. The molecule has 2 rings (SSSR count). The summed E-state index contributed by atoms with van der Waals surface area (Å²) in [6, 6.07) is 5.87. The fraction of sp³-hybridized carbons (Fsp3) is 0.462. The van der Waals surface area contributed by atoms with E-state index in [0.29, 0.717) is 13.4 Å². The van der Waals surface area contributed by atoms with Crippen LogP contribution in [0.25, 0.3) is 0 Å². The minimum Gasteiger partial charge on any atom is -0.465 e. The van der Waals surface area contributed by atoms with Crippen LogP contribution in [-0.2, 0) is 16.0 Å². The lowest BCUT2D eigenvalue weighted by molar-refractivity contribution is -0.141. The Morgan fingerprint density at radius 2 is 2.22 bits per heavy atom. The van der Waals surface area contributed by atoms with Crippen LogP contribution in [0, 0.1) is 0 Å². The molecular formula is C13H17NO4. The van der Waals surface area contributed by atoms with Gasteiger partial charge in [0.1, 0.15) is 0 Å². The maximum absolute atomic E-state index is 11.1. The average Bonchev–Trinajstić information content (AvgIpc) is 2.82. The van der Waals surface area contributed by atoms with Gasteiger partial charge in [0.25, 0.3) is 0 Å². The second kappa shape index (κ2) is 6.26. The van der Waals surface area contributed by atoms with E-state index < -0.39 is 0 Å². The normalized spacial score (nSPS) is 12.5. The molecule has 0 amide bonds. The number of fused-ring (bicyclic) bond motifs is 1. The third kappa shape index (κ3) is 3.37. The van der Waals surface area contributed by atoms with Crippen LogP contribution in [0.4, 0.5) is 0 Å². The third-order valence-corrected chi connectivity index (χ3v) is 2.60. The van der Waals surface area contributed by atoms with E-state index in [0.717, 1.165) is 30.0 Å². The summed E-state index contributed by atoms with van der Waals surface area (Å²) in [5, 5.41) is 3.04. The third-order valence-electron chi connectivity index (χ3n) is 2.60. The van der Waals surface area contributed by atoms with Crippen LogP contribution in [0.5, 0.6) is 11.5 Å². The Kier molecular flexibility index (Phi) is 4.41. The SMILES string of the molecule is CCOC(=O)CNCCc1ccc2c(c1)OCO2. The highest BCUT2D eigenvalue weighted by Gasteiger charge is 2.12. The predicted octanol–water partition coefficient (Wildman–Crippen LogP) is 1.11. The summed E-state index contributed by atoms with van der Waals surface area (Å²) in [6.07, 6.45) is 0.829. The van der Waals surface area contributed by atoms with Gasteiger partial charge in [-0.05, 0) is 37.6 Å². The zero-order chi connectivity index (χ0) is 12.8. The minimum atomic E-state index is -0.219. The maximum atomic E-state index is 11.1. The number of hydrogen-bond acceptors (Lipinski definition) is 5. The molecule has 0 spiro atoms. The summed E-state index contributed by atoms with van der Waals surface area (Å²) >= 11 is 0. The molecule has 1 aromatic carbocycles. The fourth-order valence-electron chi connectivity index (χ4n) is 1.73. The van der Waals surface area contributed by atoms with E-state index in [1.807, 2.05) is 18.2 Å². The first-order chi connectivity index (χ1) is 8.79. The van der Waals surface area contributed by atoms with Gasteiger partial charge in [0, 0.05) is 0 Å². The molecular weight excluding hydrogens is 234 g/mol. The number of rotatable bonds is 6. The quantitative estimate of drug-likeness (QED) is 0.606. The van der Waals surface area contributed by atoms with Crippen LogP contribution in [0.15, 0.2) is 18.2 Å². The molecule has 0 saturated carbocycles. The molecule has 0 radical (unpaired) electrons. The maximum Gasteiger partial charge on any atom is 0.319 e. The molecule has 0 atom stereocenters. The first-order valence-electron chi connectivity index (χ1n) is 6.04. The van der Waals surface area contributed by atoms with E-state index in [1.165, 1.54) is 0 Å². The second-order valence-corrected chi connectivity index (χ2v) is 3.92. The van der Waals surface area contributed by atoms with Crippen molar-refractivity contribution in [3.8, 4) is 11.5 Å². The lowest BCUT2D eigenvalue weighted by atomic mass is 10.1. The number of ether oxygens (including phenoxy) is 3. The molecule has 5 nitrogen and oxygen atoms in total. The highest BCUT2D eigenvalue weighted by Crippen LogP contribution is 2.32. The Morgan fingerprint density at radius 3 is 3.06 bits per heavy atom. The number of nitrogens with one attached hydrogen (secondary N) is 1. The summed E-state index contributed by atoms with van der Waals surface area (Å²) < 4.78 is 15.4. The molecule has 1 aromatic rings. The van der Waals surface area contributed by atoms with Crippen molar-refractivity contribution in [2.24, 2.45) is 0 Å². The van der Waals surface area contributed by atoms with Gasteiger partial charge in [0.05, 0.1) is 13.2 Å². The lowest BCUT2D eigenvalue weighted by Gasteiger charge is -2.05. The van der Waals surface area contributed by atoms with Crippen molar-refractivity contribution in [3.63, 3.8) is 0 Å². The van der Waals surface area contributed by atoms with Crippen molar-refractivity contribution in [1.82, 2.24) is 5.32 Å². The Morgan fingerprint density at radius 1 is 1.39 bits per heavy atom. The lowest BCUT2D eigenvalue weighted by Crippen LogP contribution is -2.26. The molecule has 18 heavy (non-hydrogen) atoms. The average molecular weight is 251 g/mol. The zero-order valence-electron chi connectivity index (χ0n) is 10.4. The number of esters is 1. The molecule has 0 aromatic heterocycles. The van der Waals surface area contributed by atoms with E-state index in [4.69, 9.17) is 14.2 Å². The fourth-order valence-corrected chi connectivity index (χ4v) is 1.73. The van der Waals surface area contributed by atoms with E-state index >= 15 is 0 Å². The van der Waals surface area contributed by atoms with Crippen molar-refractivity contribution in [2.45, 2.75) is 13.3 Å². The van der Waals surface area contributed by atoms with Crippen molar-refractivity contribution >= 4 is 5.97 Å². The van der Waals surface area contributed by atoms with E-state index in [1.54, 1.807) is 6.92 Å². The summed E-state index contributed by atoms with van der Waals surface area (Å²) in [7, 11) is 0. The first kappa shape index (κ1) is 12.7. The van der Waals surface area contributed by atoms with Gasteiger partial charge in [0.2, 0.25) is 6.79 Å². The van der Waals surface area contributed by atoms with Gasteiger partial charge in [-0.3, -0.25) is 4.79 Å². The zero-order valence-corrected chi connectivity index (χ0v) is 10.4. The predicted molar refractivity (Wildman–Crippen MR) is 65.8 cm³/mol. The standard InChI is InChI=1S/C13H17NO4/c1-2-16-13(15)8-14-6-5-10-3-4-11-12(7-10)18-9-17-11/h3-4,7,14H,2,5-6,8-9H2,1H3. The van der Waals surface area contributed by atoms with Gasteiger partial charge in [-0.15, -0.1) is 0 Å². The molecule has 1 heterocycles. The summed E-state index contributed by atoms with van der Waals surface area (Å²) in [5.74, 6) is 1.36. The van der Waals surface area contributed by atoms with Crippen LogP contribution in [0.1, 0.15) is 12.5 Å². The Hall–Kier alpha value is -1.75. The van der Waals surface area contributed by atoms with Crippen LogP contribution in [-0.4, -0.2) is 32.5 Å². The molecule has 1 aliphatic heterocycles. The molecule has 5 heteroatoms.